The molecule has 0 radical (unpaired) electrons. The van der Waals surface area contributed by atoms with E-state index in [-0.39, 0.29) is 30.7 Å². The molecular formula is C29H30ClFN2O3. The van der Waals surface area contributed by atoms with Crippen molar-refractivity contribution in [2.24, 2.45) is 5.41 Å². The van der Waals surface area contributed by atoms with Gasteiger partial charge in [0.2, 0.25) is 5.91 Å². The van der Waals surface area contributed by atoms with E-state index in [1.165, 1.54) is 24.3 Å². The molecule has 1 saturated heterocycles. The Labute approximate surface area is 216 Å². The zero-order chi connectivity index (χ0) is 25.5. The fraction of sp³-hybridized carbons (Fsp3) is 0.310. The lowest BCUT2D eigenvalue weighted by molar-refractivity contribution is -0.134. The van der Waals surface area contributed by atoms with E-state index in [4.69, 9.17) is 16.3 Å². The molecule has 1 fully saturated rings. The molecule has 0 aromatic heterocycles. The number of carbonyl (C=O) groups is 2. The molecule has 4 rings (SSSR count). The van der Waals surface area contributed by atoms with Gasteiger partial charge in [-0.25, -0.2) is 4.39 Å². The van der Waals surface area contributed by atoms with Crippen molar-refractivity contribution in [2.45, 2.75) is 25.8 Å². The van der Waals surface area contributed by atoms with Crippen molar-refractivity contribution in [1.29, 1.82) is 0 Å². The van der Waals surface area contributed by atoms with Crippen LogP contribution in [0.3, 0.4) is 0 Å². The molecule has 3 aromatic carbocycles. The minimum absolute atomic E-state index is 0.00960. The van der Waals surface area contributed by atoms with Crippen LogP contribution in [0.4, 0.5) is 4.39 Å². The molecule has 1 heterocycles. The highest BCUT2D eigenvalue weighted by molar-refractivity contribution is 6.30. The summed E-state index contributed by atoms with van der Waals surface area (Å²) in [7, 11) is 1.80. The van der Waals surface area contributed by atoms with Gasteiger partial charge in [0.25, 0.3) is 5.91 Å². The Morgan fingerprint density at radius 1 is 1.06 bits per heavy atom. The van der Waals surface area contributed by atoms with Crippen molar-refractivity contribution < 1.29 is 18.7 Å². The van der Waals surface area contributed by atoms with Crippen molar-refractivity contribution in [2.75, 3.05) is 26.7 Å². The predicted octanol–water partition coefficient (Wildman–Crippen LogP) is 5.83. The van der Waals surface area contributed by atoms with Crippen LogP contribution >= 0.6 is 11.6 Å². The maximum absolute atomic E-state index is 13.4. The van der Waals surface area contributed by atoms with Crippen LogP contribution in [0.15, 0.2) is 78.9 Å². The van der Waals surface area contributed by atoms with E-state index in [0.29, 0.717) is 36.0 Å². The van der Waals surface area contributed by atoms with Crippen LogP contribution in [0, 0.1) is 11.2 Å². The minimum Gasteiger partial charge on any atom is -0.493 e. The van der Waals surface area contributed by atoms with Gasteiger partial charge in [-0.2, -0.15) is 0 Å². The van der Waals surface area contributed by atoms with Crippen molar-refractivity contribution in [3.63, 3.8) is 0 Å². The van der Waals surface area contributed by atoms with Crippen LogP contribution in [0.2, 0.25) is 5.02 Å². The third kappa shape index (κ3) is 6.64. The van der Waals surface area contributed by atoms with E-state index in [9.17, 15) is 14.0 Å². The zero-order valence-corrected chi connectivity index (χ0v) is 21.1. The van der Waals surface area contributed by atoms with Crippen molar-refractivity contribution in [3.8, 4) is 5.75 Å². The minimum atomic E-state index is -0.571. The number of piperidine rings is 1. The van der Waals surface area contributed by atoms with Crippen LogP contribution in [0.25, 0.3) is 0 Å². The summed E-state index contributed by atoms with van der Waals surface area (Å²) in [5.41, 5.74) is 0.906. The summed E-state index contributed by atoms with van der Waals surface area (Å²) in [4.78, 5) is 30.1. The number of benzene rings is 3. The quantitative estimate of drug-likeness (QED) is 0.384. The summed E-state index contributed by atoms with van der Waals surface area (Å²) in [5.74, 6) is 0.0482. The molecular weight excluding hydrogens is 479 g/mol. The predicted molar refractivity (Wildman–Crippen MR) is 138 cm³/mol. The number of likely N-dealkylation sites (tertiary alicyclic amines) is 1. The molecule has 188 valence electrons. The first-order chi connectivity index (χ1) is 17.3. The molecule has 0 unspecified atom stereocenters. The molecule has 0 bridgehead atoms. The highest BCUT2D eigenvalue weighted by Crippen LogP contribution is 2.36. The summed E-state index contributed by atoms with van der Waals surface area (Å²) in [6, 6.07) is 22.6. The molecule has 3 aromatic rings. The summed E-state index contributed by atoms with van der Waals surface area (Å²) in [6.07, 6.45) is 1.72. The van der Waals surface area contributed by atoms with Gasteiger partial charge in [-0.05, 0) is 60.9 Å². The molecule has 36 heavy (non-hydrogen) atoms. The number of halogens is 2. The first-order valence-electron chi connectivity index (χ1n) is 12.0. The largest absolute Gasteiger partial charge is 0.493 e. The SMILES string of the molecule is CN(Cc1ccccc1)C(=O)C[C@]1(COc2cccc(Cl)c2)CCCN(C(=O)c2ccc(F)cc2)C1. The second-order valence-electron chi connectivity index (χ2n) is 9.50. The van der Waals surface area contributed by atoms with E-state index < -0.39 is 5.41 Å². The van der Waals surface area contributed by atoms with E-state index in [1.54, 1.807) is 29.0 Å². The molecule has 5 nitrogen and oxygen atoms in total. The Morgan fingerprint density at radius 3 is 2.53 bits per heavy atom. The fourth-order valence-electron chi connectivity index (χ4n) is 4.66. The Balaban J connectivity index is 1.53. The molecule has 2 amide bonds. The monoisotopic (exact) mass is 508 g/mol. The lowest BCUT2D eigenvalue weighted by atomic mass is 9.77. The van der Waals surface area contributed by atoms with E-state index in [2.05, 4.69) is 0 Å². The van der Waals surface area contributed by atoms with Crippen LogP contribution < -0.4 is 4.74 Å². The summed E-state index contributed by atoms with van der Waals surface area (Å²) in [6.45, 7) is 1.71. The Hall–Kier alpha value is -3.38. The van der Waals surface area contributed by atoms with Gasteiger partial charge in [0.15, 0.2) is 0 Å². The van der Waals surface area contributed by atoms with Gasteiger partial charge in [0, 0.05) is 49.1 Å². The molecule has 7 heteroatoms. The van der Waals surface area contributed by atoms with Crippen molar-refractivity contribution >= 4 is 23.4 Å². The molecule has 0 saturated carbocycles. The summed E-state index contributed by atoms with van der Waals surface area (Å²) < 4.78 is 19.5. The third-order valence-corrected chi connectivity index (χ3v) is 6.83. The highest BCUT2D eigenvalue weighted by atomic mass is 35.5. The molecule has 0 aliphatic carbocycles. The fourth-order valence-corrected chi connectivity index (χ4v) is 4.84. The average molecular weight is 509 g/mol. The smallest absolute Gasteiger partial charge is 0.253 e. The van der Waals surface area contributed by atoms with Crippen LogP contribution in [0.5, 0.6) is 5.75 Å². The number of rotatable bonds is 8. The molecule has 1 atom stereocenters. The molecule has 1 aliphatic rings. The molecule has 1 aliphatic heterocycles. The van der Waals surface area contributed by atoms with Gasteiger partial charge in [-0.3, -0.25) is 9.59 Å². The van der Waals surface area contributed by atoms with Crippen molar-refractivity contribution in [1.82, 2.24) is 9.80 Å². The Morgan fingerprint density at radius 2 is 1.81 bits per heavy atom. The average Bonchev–Trinajstić information content (AvgIpc) is 2.88. The summed E-state index contributed by atoms with van der Waals surface area (Å²) >= 11 is 6.13. The van der Waals surface area contributed by atoms with Gasteiger partial charge >= 0.3 is 0 Å². The number of hydrogen-bond acceptors (Lipinski definition) is 3. The van der Waals surface area contributed by atoms with Gasteiger partial charge in [0.05, 0.1) is 6.61 Å². The topological polar surface area (TPSA) is 49.9 Å². The third-order valence-electron chi connectivity index (χ3n) is 6.60. The number of ether oxygens (including phenoxy) is 1. The normalized spacial score (nSPS) is 17.5. The number of carbonyl (C=O) groups excluding carboxylic acids is 2. The second kappa shape index (κ2) is 11.6. The van der Waals surface area contributed by atoms with Crippen molar-refractivity contribution in [3.05, 3.63) is 101 Å². The van der Waals surface area contributed by atoms with E-state index >= 15 is 0 Å². The summed E-state index contributed by atoms with van der Waals surface area (Å²) in [5, 5.41) is 0.567. The lowest BCUT2D eigenvalue weighted by Crippen LogP contribution is -2.50. The van der Waals surface area contributed by atoms with Crippen LogP contribution in [0.1, 0.15) is 35.2 Å². The standard InChI is InChI=1S/C29H30ClFN2O3/c1-32(19-22-7-3-2-4-8-22)27(34)18-29(21-36-26-10-5-9-24(30)17-26)15-6-16-33(20-29)28(35)23-11-13-25(31)14-12-23/h2-5,7-14,17H,6,15-16,18-21H2,1H3/t29-/m1/s1. The Bertz CT molecular complexity index is 1190. The van der Waals surface area contributed by atoms with Gasteiger partial charge in [0.1, 0.15) is 11.6 Å². The van der Waals surface area contributed by atoms with E-state index in [1.807, 2.05) is 42.5 Å². The van der Waals surface area contributed by atoms with Crippen LogP contribution in [-0.2, 0) is 11.3 Å². The lowest BCUT2D eigenvalue weighted by Gasteiger charge is -2.43. The van der Waals surface area contributed by atoms with Gasteiger partial charge in [-0.15, -0.1) is 0 Å². The second-order valence-corrected chi connectivity index (χ2v) is 9.93. The first kappa shape index (κ1) is 25.7. The highest BCUT2D eigenvalue weighted by Gasteiger charge is 2.40. The number of nitrogens with zero attached hydrogens (tertiary/aromatic N) is 2. The van der Waals surface area contributed by atoms with Crippen LogP contribution in [-0.4, -0.2) is 48.4 Å². The Kier molecular flexibility index (Phi) is 8.26. The van der Waals surface area contributed by atoms with Gasteiger partial charge in [-0.1, -0.05) is 48.0 Å². The maximum Gasteiger partial charge on any atom is 0.253 e. The maximum atomic E-state index is 13.4. The molecule has 0 spiro atoms. The first-order valence-corrected chi connectivity index (χ1v) is 12.4. The molecule has 0 N–H and O–H groups in total. The number of hydrogen-bond donors (Lipinski definition) is 0. The van der Waals surface area contributed by atoms with Gasteiger partial charge < -0.3 is 14.5 Å². The number of amides is 2. The van der Waals surface area contributed by atoms with E-state index in [0.717, 1.165) is 18.4 Å². The zero-order valence-electron chi connectivity index (χ0n) is 20.3.